The first-order valence-corrected chi connectivity index (χ1v) is 5.83. The van der Waals surface area contributed by atoms with E-state index in [9.17, 15) is 4.39 Å². The maximum Gasteiger partial charge on any atom is 0.129 e. The summed E-state index contributed by atoms with van der Waals surface area (Å²) >= 11 is 5.95. The van der Waals surface area contributed by atoms with Gasteiger partial charge in [0.05, 0.1) is 0 Å². The van der Waals surface area contributed by atoms with E-state index in [0.29, 0.717) is 23.6 Å². The third-order valence-electron chi connectivity index (χ3n) is 2.52. The molecule has 0 aliphatic rings. The lowest BCUT2D eigenvalue weighted by molar-refractivity contribution is 0.224. The van der Waals surface area contributed by atoms with Gasteiger partial charge in [-0.3, -0.25) is 4.90 Å². The molecule has 1 N–H and O–H groups in total. The molecule has 0 bridgehead atoms. The zero-order valence-corrected chi connectivity index (χ0v) is 10.2. The molecular weight excluding hydrogens is 229 g/mol. The van der Waals surface area contributed by atoms with Crippen molar-refractivity contribution in [2.75, 3.05) is 19.7 Å². The van der Waals surface area contributed by atoms with Crippen LogP contribution in [0.2, 0.25) is 5.02 Å². The van der Waals surface area contributed by atoms with Crippen molar-refractivity contribution in [1.82, 2.24) is 4.90 Å². The van der Waals surface area contributed by atoms with Crippen molar-refractivity contribution < 1.29 is 9.50 Å². The first kappa shape index (κ1) is 13.4. The largest absolute Gasteiger partial charge is 0.396 e. The Bertz CT molecular complexity index is 313. The van der Waals surface area contributed by atoms with Crippen molar-refractivity contribution in [3.05, 3.63) is 34.6 Å². The highest BCUT2D eigenvalue weighted by molar-refractivity contribution is 6.31. The minimum atomic E-state index is -0.269. The van der Waals surface area contributed by atoms with E-state index in [4.69, 9.17) is 16.7 Å². The van der Waals surface area contributed by atoms with Crippen LogP contribution >= 0.6 is 11.6 Å². The summed E-state index contributed by atoms with van der Waals surface area (Å²) in [4.78, 5) is 2.06. The lowest BCUT2D eigenvalue weighted by atomic mass is 10.2. The van der Waals surface area contributed by atoms with E-state index in [2.05, 4.69) is 4.90 Å². The molecule has 0 saturated carbocycles. The third kappa shape index (κ3) is 3.74. The van der Waals surface area contributed by atoms with E-state index >= 15 is 0 Å². The van der Waals surface area contributed by atoms with Crippen molar-refractivity contribution in [2.24, 2.45) is 0 Å². The maximum atomic E-state index is 13.5. The van der Waals surface area contributed by atoms with E-state index in [1.54, 1.807) is 12.1 Å². The molecule has 1 aromatic carbocycles. The molecule has 4 heteroatoms. The van der Waals surface area contributed by atoms with Gasteiger partial charge in [-0.15, -0.1) is 0 Å². The first-order chi connectivity index (χ1) is 7.69. The maximum absolute atomic E-state index is 13.5. The second-order valence-electron chi connectivity index (χ2n) is 3.65. The number of hydrogen-bond acceptors (Lipinski definition) is 2. The minimum Gasteiger partial charge on any atom is -0.396 e. The molecule has 0 aliphatic heterocycles. The van der Waals surface area contributed by atoms with Gasteiger partial charge in [0.15, 0.2) is 0 Å². The fourth-order valence-electron chi connectivity index (χ4n) is 1.55. The average Bonchev–Trinajstić information content (AvgIpc) is 2.28. The van der Waals surface area contributed by atoms with Gasteiger partial charge < -0.3 is 5.11 Å². The summed E-state index contributed by atoms with van der Waals surface area (Å²) in [5.74, 6) is -0.269. The quantitative estimate of drug-likeness (QED) is 0.833. The molecule has 0 saturated heterocycles. The number of aliphatic hydroxyl groups excluding tert-OH is 1. The van der Waals surface area contributed by atoms with Gasteiger partial charge in [0.25, 0.3) is 0 Å². The Morgan fingerprint density at radius 3 is 2.75 bits per heavy atom. The number of aliphatic hydroxyl groups is 1. The Kier molecular flexibility index (Phi) is 5.74. The van der Waals surface area contributed by atoms with Crippen LogP contribution < -0.4 is 0 Å². The highest BCUT2D eigenvalue weighted by atomic mass is 35.5. The van der Waals surface area contributed by atoms with Crippen molar-refractivity contribution >= 4 is 11.6 Å². The summed E-state index contributed by atoms with van der Waals surface area (Å²) in [6, 6.07) is 4.71. The van der Waals surface area contributed by atoms with Crippen LogP contribution in [-0.4, -0.2) is 29.7 Å². The lowest BCUT2D eigenvalue weighted by Crippen LogP contribution is -2.25. The highest BCUT2D eigenvalue weighted by Gasteiger charge is 2.10. The molecule has 0 unspecified atom stereocenters. The van der Waals surface area contributed by atoms with Crippen LogP contribution in [0.1, 0.15) is 18.9 Å². The third-order valence-corrected chi connectivity index (χ3v) is 2.88. The average molecular weight is 246 g/mol. The molecule has 2 nitrogen and oxygen atoms in total. The fourth-order valence-corrected chi connectivity index (χ4v) is 1.77. The van der Waals surface area contributed by atoms with Gasteiger partial charge >= 0.3 is 0 Å². The highest BCUT2D eigenvalue weighted by Crippen LogP contribution is 2.20. The lowest BCUT2D eigenvalue weighted by Gasteiger charge is -2.20. The predicted molar refractivity (Wildman–Crippen MR) is 64.1 cm³/mol. The van der Waals surface area contributed by atoms with E-state index < -0.39 is 0 Å². The fraction of sp³-hybridized carbons (Fsp3) is 0.500. The van der Waals surface area contributed by atoms with Crippen molar-refractivity contribution in [2.45, 2.75) is 19.9 Å². The predicted octanol–water partition coefficient (Wildman–Crippen LogP) is 2.68. The standard InChI is InChI=1S/C12H17ClFNO/c1-2-15(7-4-8-16)9-10-11(13)5-3-6-12(10)14/h3,5-6,16H,2,4,7-9H2,1H3. The number of halogens is 2. The van der Waals surface area contributed by atoms with Gasteiger partial charge in [0.2, 0.25) is 0 Å². The molecule has 0 atom stereocenters. The van der Waals surface area contributed by atoms with Crippen LogP contribution in [0.25, 0.3) is 0 Å². The normalized spacial score (nSPS) is 11.1. The van der Waals surface area contributed by atoms with Crippen molar-refractivity contribution in [3.8, 4) is 0 Å². The van der Waals surface area contributed by atoms with Gasteiger partial charge in [0.1, 0.15) is 5.82 Å². The molecule has 0 heterocycles. The molecule has 1 aromatic rings. The first-order valence-electron chi connectivity index (χ1n) is 5.45. The van der Waals surface area contributed by atoms with Gasteiger partial charge in [-0.1, -0.05) is 24.6 Å². The SMILES string of the molecule is CCN(CCCO)Cc1c(F)cccc1Cl. The second kappa shape index (κ2) is 6.84. The Balaban J connectivity index is 2.69. The van der Waals surface area contributed by atoms with Crippen LogP contribution in [0.5, 0.6) is 0 Å². The van der Waals surface area contributed by atoms with Crippen molar-refractivity contribution in [1.29, 1.82) is 0 Å². The van der Waals surface area contributed by atoms with Gasteiger partial charge in [-0.05, 0) is 25.1 Å². The van der Waals surface area contributed by atoms with Crippen LogP contribution in [-0.2, 0) is 6.54 Å². The molecule has 1 rings (SSSR count). The summed E-state index contributed by atoms with van der Waals surface area (Å²) in [6.45, 7) is 4.21. The van der Waals surface area contributed by atoms with Crippen LogP contribution in [0.4, 0.5) is 4.39 Å². The molecular formula is C12H17ClFNO. The number of benzene rings is 1. The molecule has 0 aliphatic carbocycles. The van der Waals surface area contributed by atoms with E-state index in [1.165, 1.54) is 6.07 Å². The summed E-state index contributed by atoms with van der Waals surface area (Å²) in [6.07, 6.45) is 0.694. The Labute approximate surface area is 101 Å². The second-order valence-corrected chi connectivity index (χ2v) is 4.05. The van der Waals surface area contributed by atoms with E-state index in [0.717, 1.165) is 13.1 Å². The molecule has 0 amide bonds. The van der Waals surface area contributed by atoms with E-state index in [-0.39, 0.29) is 12.4 Å². The topological polar surface area (TPSA) is 23.5 Å². The van der Waals surface area contributed by atoms with E-state index in [1.807, 2.05) is 6.92 Å². The Hall–Kier alpha value is -0.640. The summed E-state index contributed by atoms with van der Waals surface area (Å²) in [5.41, 5.74) is 0.531. The Morgan fingerprint density at radius 1 is 1.44 bits per heavy atom. The smallest absolute Gasteiger partial charge is 0.129 e. The summed E-state index contributed by atoms with van der Waals surface area (Å²) in [7, 11) is 0. The zero-order chi connectivity index (χ0) is 12.0. The van der Waals surface area contributed by atoms with Crippen molar-refractivity contribution in [3.63, 3.8) is 0 Å². The molecule has 0 aromatic heterocycles. The summed E-state index contributed by atoms with van der Waals surface area (Å²) < 4.78 is 13.5. The number of rotatable bonds is 6. The molecule has 16 heavy (non-hydrogen) atoms. The molecule has 0 spiro atoms. The molecule has 90 valence electrons. The van der Waals surface area contributed by atoms with Gasteiger partial charge in [-0.2, -0.15) is 0 Å². The minimum absolute atomic E-state index is 0.154. The van der Waals surface area contributed by atoms with Gasteiger partial charge in [0, 0.05) is 30.3 Å². The Morgan fingerprint density at radius 2 is 2.19 bits per heavy atom. The molecule has 0 radical (unpaired) electrons. The van der Waals surface area contributed by atoms with Crippen LogP contribution in [0, 0.1) is 5.82 Å². The monoisotopic (exact) mass is 245 g/mol. The zero-order valence-electron chi connectivity index (χ0n) is 9.42. The number of nitrogens with zero attached hydrogens (tertiary/aromatic N) is 1. The van der Waals surface area contributed by atoms with Crippen LogP contribution in [0.3, 0.4) is 0 Å². The van der Waals surface area contributed by atoms with Crippen LogP contribution in [0.15, 0.2) is 18.2 Å². The van der Waals surface area contributed by atoms with Gasteiger partial charge in [-0.25, -0.2) is 4.39 Å². The summed E-state index contributed by atoms with van der Waals surface area (Å²) in [5, 5.41) is 9.22. The number of hydrogen-bond donors (Lipinski definition) is 1. The molecule has 0 fully saturated rings.